The molecule has 0 bridgehead atoms. The van der Waals surface area contributed by atoms with E-state index in [0.717, 1.165) is 5.56 Å². The lowest BCUT2D eigenvalue weighted by Gasteiger charge is -2.11. The molecule has 0 aliphatic carbocycles. The maximum atomic E-state index is 11.8. The number of thiophene rings is 1. The van der Waals surface area contributed by atoms with E-state index in [2.05, 4.69) is 0 Å². The van der Waals surface area contributed by atoms with Gasteiger partial charge in [0.1, 0.15) is 22.6 Å². The Morgan fingerprint density at radius 2 is 2.00 bits per heavy atom. The zero-order chi connectivity index (χ0) is 15.5. The first-order chi connectivity index (χ1) is 10.6. The first kappa shape index (κ1) is 15.1. The van der Waals surface area contributed by atoms with Gasteiger partial charge < -0.3 is 20.0 Å². The summed E-state index contributed by atoms with van der Waals surface area (Å²) in [5, 5.41) is 14.5. The number of quaternary nitrogens is 1. The molecular formula is C15H13NO4S2. The summed E-state index contributed by atoms with van der Waals surface area (Å²) >= 11 is 2.90. The lowest BCUT2D eigenvalue weighted by molar-refractivity contribution is -0.690. The summed E-state index contributed by atoms with van der Waals surface area (Å²) in [7, 11) is 0. The molecule has 2 heterocycles. The van der Waals surface area contributed by atoms with E-state index < -0.39 is 12.0 Å². The molecule has 114 valence electrons. The minimum Gasteiger partial charge on any atom is -0.544 e. The number of carbonyl (C=O) groups is 2. The molecule has 0 unspecified atom stereocenters. The summed E-state index contributed by atoms with van der Waals surface area (Å²) in [6.07, 6.45) is 0. The molecular weight excluding hydrogens is 322 g/mol. The highest BCUT2D eigenvalue weighted by atomic mass is 32.2. The number of carboxylic acids is 1. The van der Waals surface area contributed by atoms with Crippen molar-refractivity contribution in [2.24, 2.45) is 0 Å². The van der Waals surface area contributed by atoms with Crippen molar-refractivity contribution in [2.45, 2.75) is 11.4 Å². The van der Waals surface area contributed by atoms with Gasteiger partial charge in [0, 0.05) is 5.56 Å². The van der Waals surface area contributed by atoms with E-state index in [1.807, 2.05) is 17.5 Å². The average molecular weight is 335 g/mol. The number of hydrogen-bond acceptors (Lipinski definition) is 6. The van der Waals surface area contributed by atoms with E-state index in [9.17, 15) is 14.7 Å². The fraction of sp³-hybridized carbons (Fsp3) is 0.200. The Kier molecular flexibility index (Phi) is 4.47. The van der Waals surface area contributed by atoms with Crippen molar-refractivity contribution in [3.05, 3.63) is 52.2 Å². The average Bonchev–Trinajstić information content (AvgIpc) is 3.20. The van der Waals surface area contributed by atoms with Crippen molar-refractivity contribution in [1.82, 2.24) is 0 Å². The highest BCUT2D eigenvalue weighted by Gasteiger charge is 2.30. The number of esters is 1. The molecule has 5 nitrogen and oxygen atoms in total. The molecule has 22 heavy (non-hydrogen) atoms. The van der Waals surface area contributed by atoms with Gasteiger partial charge in [-0.25, -0.2) is 4.79 Å². The molecule has 3 rings (SSSR count). The molecule has 1 aromatic carbocycles. The molecule has 1 aliphatic heterocycles. The van der Waals surface area contributed by atoms with Gasteiger partial charge in [-0.05, 0) is 35.7 Å². The Morgan fingerprint density at radius 1 is 1.23 bits per heavy atom. The maximum Gasteiger partial charge on any atom is 0.353 e. The normalized spacial score (nSPS) is 20.7. The van der Waals surface area contributed by atoms with Crippen LogP contribution in [-0.2, 0) is 4.79 Å². The van der Waals surface area contributed by atoms with Gasteiger partial charge in [-0.2, -0.15) is 0 Å². The van der Waals surface area contributed by atoms with Gasteiger partial charge in [-0.3, -0.25) is 0 Å². The van der Waals surface area contributed by atoms with Gasteiger partial charge in [-0.1, -0.05) is 17.8 Å². The lowest BCUT2D eigenvalue weighted by atomic mass is 10.2. The van der Waals surface area contributed by atoms with Crippen LogP contribution in [0.4, 0.5) is 0 Å². The Hall–Kier alpha value is -1.83. The van der Waals surface area contributed by atoms with E-state index in [0.29, 0.717) is 16.4 Å². The quantitative estimate of drug-likeness (QED) is 0.646. The molecule has 1 fully saturated rings. The molecule has 2 atom stereocenters. The third kappa shape index (κ3) is 3.32. The van der Waals surface area contributed by atoms with Crippen molar-refractivity contribution >= 4 is 35.0 Å². The van der Waals surface area contributed by atoms with Crippen molar-refractivity contribution < 1.29 is 24.7 Å². The van der Waals surface area contributed by atoms with Crippen molar-refractivity contribution in [2.75, 3.05) is 5.75 Å². The lowest BCUT2D eigenvalue weighted by Crippen LogP contribution is -2.90. The van der Waals surface area contributed by atoms with Crippen LogP contribution in [0.25, 0.3) is 0 Å². The molecule has 1 aliphatic rings. The maximum absolute atomic E-state index is 11.8. The van der Waals surface area contributed by atoms with Crippen molar-refractivity contribution in [1.29, 1.82) is 0 Å². The monoisotopic (exact) mass is 335 g/mol. The Morgan fingerprint density at radius 3 is 2.59 bits per heavy atom. The molecule has 0 radical (unpaired) electrons. The molecule has 7 heteroatoms. The zero-order valence-electron chi connectivity index (χ0n) is 11.4. The van der Waals surface area contributed by atoms with Gasteiger partial charge in [-0.15, -0.1) is 11.3 Å². The second kappa shape index (κ2) is 6.51. The summed E-state index contributed by atoms with van der Waals surface area (Å²) < 4.78 is 5.29. The summed E-state index contributed by atoms with van der Waals surface area (Å²) in [5.41, 5.74) is 0.990. The first-order valence-electron chi connectivity index (χ1n) is 6.66. The first-order valence-corrected chi connectivity index (χ1v) is 8.59. The zero-order valence-corrected chi connectivity index (χ0v) is 13.1. The smallest absolute Gasteiger partial charge is 0.353 e. The number of carboxylic acid groups (broad SMARTS) is 1. The van der Waals surface area contributed by atoms with E-state index in [4.69, 9.17) is 4.74 Å². The van der Waals surface area contributed by atoms with Crippen LogP contribution in [0.1, 0.15) is 20.6 Å². The number of thioether (sulfide) groups is 1. The van der Waals surface area contributed by atoms with Crippen LogP contribution >= 0.6 is 23.1 Å². The summed E-state index contributed by atoms with van der Waals surface area (Å²) in [5.74, 6) is -0.401. The van der Waals surface area contributed by atoms with Crippen LogP contribution in [0.5, 0.6) is 5.75 Å². The molecule has 2 aromatic rings. The Labute approximate surface area is 135 Å². The summed E-state index contributed by atoms with van der Waals surface area (Å²) in [6.45, 7) is 0. The third-order valence-electron chi connectivity index (χ3n) is 3.31. The molecule has 1 aromatic heterocycles. The largest absolute Gasteiger partial charge is 0.544 e. The highest BCUT2D eigenvalue weighted by Crippen LogP contribution is 2.28. The minimum atomic E-state index is -1.03. The third-order valence-corrected chi connectivity index (χ3v) is 5.50. The number of aliphatic carboxylic acids is 1. The van der Waals surface area contributed by atoms with E-state index >= 15 is 0 Å². The Balaban J connectivity index is 1.63. The van der Waals surface area contributed by atoms with E-state index in [1.165, 1.54) is 11.3 Å². The SMILES string of the molecule is O=C(Oc1ccc([C@H]2[NH2+][C@H](C(=O)[O-])CS2)cc1)c1cccs1. The number of benzene rings is 1. The second-order valence-electron chi connectivity index (χ2n) is 4.81. The van der Waals surface area contributed by atoms with Crippen LogP contribution in [0.3, 0.4) is 0 Å². The standard InChI is InChI=1S/C15H13NO4S2/c17-14(18)11-8-22-13(16-11)9-3-5-10(6-4-9)20-15(19)12-2-1-7-21-12/h1-7,11,13,16H,8H2,(H,17,18)/t11-,13-/m0/s1. The van der Waals surface area contributed by atoms with Crippen molar-refractivity contribution in [3.8, 4) is 5.75 Å². The molecule has 0 amide bonds. The van der Waals surface area contributed by atoms with Crippen LogP contribution < -0.4 is 15.2 Å². The summed E-state index contributed by atoms with van der Waals surface area (Å²) in [4.78, 5) is 23.3. The minimum absolute atomic E-state index is 0.0324. The number of nitrogens with two attached hydrogens (primary N) is 1. The number of hydrogen-bond donors (Lipinski definition) is 1. The fourth-order valence-electron chi connectivity index (χ4n) is 2.16. The van der Waals surface area contributed by atoms with Gasteiger partial charge in [0.15, 0.2) is 5.37 Å². The second-order valence-corrected chi connectivity index (χ2v) is 6.93. The van der Waals surface area contributed by atoms with Crippen LogP contribution in [0, 0.1) is 0 Å². The van der Waals surface area contributed by atoms with E-state index in [-0.39, 0.29) is 11.3 Å². The van der Waals surface area contributed by atoms with Gasteiger partial charge in [0.2, 0.25) is 0 Å². The molecule has 1 saturated heterocycles. The van der Waals surface area contributed by atoms with Gasteiger partial charge >= 0.3 is 5.97 Å². The molecule has 0 spiro atoms. The van der Waals surface area contributed by atoms with Crippen molar-refractivity contribution in [3.63, 3.8) is 0 Å². The number of carbonyl (C=O) groups excluding carboxylic acids is 2. The highest BCUT2D eigenvalue weighted by molar-refractivity contribution is 7.99. The number of rotatable bonds is 4. The molecule has 0 saturated carbocycles. The number of ether oxygens (including phenoxy) is 1. The predicted octanol–water partition coefficient (Wildman–Crippen LogP) is 0.395. The fourth-order valence-corrected chi connectivity index (χ4v) is 4.07. The van der Waals surface area contributed by atoms with E-state index in [1.54, 1.807) is 41.3 Å². The van der Waals surface area contributed by atoms with Gasteiger partial charge in [0.05, 0.1) is 5.75 Å². The molecule has 2 N–H and O–H groups in total. The van der Waals surface area contributed by atoms with Crippen LogP contribution in [0.2, 0.25) is 0 Å². The Bertz CT molecular complexity index is 669. The topological polar surface area (TPSA) is 83.0 Å². The predicted molar refractivity (Wildman–Crippen MR) is 81.6 cm³/mol. The van der Waals surface area contributed by atoms with Gasteiger partial charge in [0.25, 0.3) is 0 Å². The van der Waals surface area contributed by atoms with Crippen LogP contribution in [0.15, 0.2) is 41.8 Å². The van der Waals surface area contributed by atoms with Crippen LogP contribution in [-0.4, -0.2) is 23.7 Å². The summed E-state index contributed by atoms with van der Waals surface area (Å²) in [6, 6.07) is 10.2.